The van der Waals surface area contributed by atoms with E-state index < -0.39 is 36.1 Å². The van der Waals surface area contributed by atoms with Crippen molar-refractivity contribution in [3.63, 3.8) is 0 Å². The number of hydrogen-bond donors (Lipinski definition) is 4. The Bertz CT molecular complexity index is 715. The highest BCUT2D eigenvalue weighted by molar-refractivity contribution is 5.94. The van der Waals surface area contributed by atoms with Crippen molar-refractivity contribution in [1.82, 2.24) is 9.80 Å². The lowest BCUT2D eigenvalue weighted by molar-refractivity contribution is -0.147. The molecule has 2 aliphatic rings. The van der Waals surface area contributed by atoms with E-state index in [-0.39, 0.29) is 30.5 Å². The molecule has 0 unspecified atom stereocenters. The third kappa shape index (κ3) is 4.72. The standard InChI is InChI=1S/C19H25F3N2O5/c20-19(21,22)13-3-1-12(2-4-13)18(29)23-6-5-11(7-23)8-24-9-15(26)17(28)16(27)14(24)10-25/h1-4,11,14-17,25-28H,5-10H2/t11-,14-,15-,16+,17+/m0/s1. The van der Waals surface area contributed by atoms with Crippen molar-refractivity contribution in [3.8, 4) is 0 Å². The lowest BCUT2D eigenvalue weighted by Crippen LogP contribution is -2.63. The number of halogens is 3. The highest BCUT2D eigenvalue weighted by Gasteiger charge is 2.42. The van der Waals surface area contributed by atoms with E-state index in [2.05, 4.69) is 0 Å². The molecule has 1 aromatic rings. The van der Waals surface area contributed by atoms with E-state index in [0.29, 0.717) is 26.1 Å². The van der Waals surface area contributed by atoms with Gasteiger partial charge in [0.25, 0.3) is 5.91 Å². The maximum absolute atomic E-state index is 12.7. The van der Waals surface area contributed by atoms with Crippen LogP contribution in [0.5, 0.6) is 0 Å². The Labute approximate surface area is 166 Å². The highest BCUT2D eigenvalue weighted by atomic mass is 19.4. The van der Waals surface area contributed by atoms with Gasteiger partial charge in [0.15, 0.2) is 0 Å². The van der Waals surface area contributed by atoms with Gasteiger partial charge in [-0.25, -0.2) is 0 Å². The van der Waals surface area contributed by atoms with E-state index in [1.54, 1.807) is 9.80 Å². The maximum Gasteiger partial charge on any atom is 0.416 e. The second-order valence-electron chi connectivity index (χ2n) is 7.73. The van der Waals surface area contributed by atoms with Gasteiger partial charge in [-0.1, -0.05) is 0 Å². The number of β-amino-alcohol motifs (C(OH)–C–C–N with tert-alkyl or cyclic N) is 1. The van der Waals surface area contributed by atoms with E-state index in [1.807, 2.05) is 0 Å². The van der Waals surface area contributed by atoms with Crippen molar-refractivity contribution in [2.75, 3.05) is 32.8 Å². The smallest absolute Gasteiger partial charge is 0.395 e. The van der Waals surface area contributed by atoms with Crippen LogP contribution in [0, 0.1) is 5.92 Å². The summed E-state index contributed by atoms with van der Waals surface area (Å²) < 4.78 is 38.0. The first-order valence-electron chi connectivity index (χ1n) is 9.47. The summed E-state index contributed by atoms with van der Waals surface area (Å²) in [6.45, 7) is 0.931. The first kappa shape index (κ1) is 22.0. The number of carbonyl (C=O) groups is 1. The molecule has 2 heterocycles. The van der Waals surface area contributed by atoms with Gasteiger partial charge in [-0.05, 0) is 36.6 Å². The quantitative estimate of drug-likeness (QED) is 0.546. The fraction of sp³-hybridized carbons (Fsp3) is 0.632. The topological polar surface area (TPSA) is 104 Å². The van der Waals surface area contributed by atoms with Crippen LogP contribution in [0.2, 0.25) is 0 Å². The minimum atomic E-state index is -4.46. The minimum Gasteiger partial charge on any atom is -0.395 e. The summed E-state index contributed by atoms with van der Waals surface area (Å²) in [4.78, 5) is 15.9. The first-order chi connectivity index (χ1) is 13.6. The number of benzene rings is 1. The molecule has 29 heavy (non-hydrogen) atoms. The summed E-state index contributed by atoms with van der Waals surface area (Å²) in [7, 11) is 0. The molecule has 1 aromatic carbocycles. The van der Waals surface area contributed by atoms with Crippen LogP contribution in [0.4, 0.5) is 13.2 Å². The Morgan fingerprint density at radius 3 is 2.31 bits per heavy atom. The van der Waals surface area contributed by atoms with Gasteiger partial charge in [-0.2, -0.15) is 13.2 Å². The molecular weight excluding hydrogens is 393 g/mol. The molecule has 2 saturated heterocycles. The molecule has 5 atom stereocenters. The van der Waals surface area contributed by atoms with Crippen molar-refractivity contribution in [2.24, 2.45) is 5.92 Å². The van der Waals surface area contributed by atoms with E-state index in [0.717, 1.165) is 12.1 Å². The van der Waals surface area contributed by atoms with Gasteiger partial charge in [-0.15, -0.1) is 0 Å². The predicted octanol–water partition coefficient (Wildman–Crippen LogP) is -0.0733. The largest absolute Gasteiger partial charge is 0.416 e. The number of rotatable bonds is 4. The zero-order chi connectivity index (χ0) is 21.3. The predicted molar refractivity (Wildman–Crippen MR) is 95.9 cm³/mol. The lowest BCUT2D eigenvalue weighted by Gasteiger charge is -2.44. The molecule has 1 amide bonds. The highest BCUT2D eigenvalue weighted by Crippen LogP contribution is 2.30. The lowest BCUT2D eigenvalue weighted by atomic mass is 9.93. The molecule has 2 fully saturated rings. The summed E-state index contributed by atoms with van der Waals surface area (Å²) in [5, 5.41) is 39.3. The van der Waals surface area contributed by atoms with E-state index in [9.17, 15) is 38.4 Å². The molecule has 3 rings (SSSR count). The van der Waals surface area contributed by atoms with Crippen molar-refractivity contribution in [1.29, 1.82) is 0 Å². The Hall–Kier alpha value is -1.72. The number of piperidine rings is 1. The van der Waals surface area contributed by atoms with Crippen LogP contribution < -0.4 is 0 Å². The second kappa shape index (κ2) is 8.57. The fourth-order valence-electron chi connectivity index (χ4n) is 4.07. The average molecular weight is 418 g/mol. The van der Waals surface area contributed by atoms with Crippen molar-refractivity contribution in [2.45, 2.75) is 37.0 Å². The van der Waals surface area contributed by atoms with Gasteiger partial charge in [0.05, 0.1) is 24.3 Å². The van der Waals surface area contributed by atoms with E-state index >= 15 is 0 Å². The van der Waals surface area contributed by atoms with Crippen LogP contribution in [0.1, 0.15) is 22.3 Å². The normalized spacial score (nSPS) is 31.3. The monoisotopic (exact) mass is 418 g/mol. The van der Waals surface area contributed by atoms with Gasteiger partial charge < -0.3 is 25.3 Å². The van der Waals surface area contributed by atoms with Gasteiger partial charge in [0, 0.05) is 31.7 Å². The minimum absolute atomic E-state index is 0.0112. The summed E-state index contributed by atoms with van der Waals surface area (Å²) in [5.41, 5.74) is -0.633. The van der Waals surface area contributed by atoms with Crippen molar-refractivity contribution < 1.29 is 38.4 Å². The number of alkyl halides is 3. The first-order valence-corrected chi connectivity index (χ1v) is 9.47. The number of nitrogens with zero attached hydrogens (tertiary/aromatic N) is 2. The van der Waals surface area contributed by atoms with Crippen LogP contribution in [0.15, 0.2) is 24.3 Å². The molecule has 0 radical (unpaired) electrons. The van der Waals surface area contributed by atoms with Crippen LogP contribution in [-0.2, 0) is 6.18 Å². The van der Waals surface area contributed by atoms with Gasteiger partial charge in [0.2, 0.25) is 0 Å². The zero-order valence-electron chi connectivity index (χ0n) is 15.7. The molecule has 162 valence electrons. The van der Waals surface area contributed by atoms with Crippen molar-refractivity contribution >= 4 is 5.91 Å². The molecule has 0 bridgehead atoms. The second-order valence-corrected chi connectivity index (χ2v) is 7.73. The number of aliphatic hydroxyl groups excluding tert-OH is 4. The molecule has 0 aromatic heterocycles. The zero-order valence-corrected chi connectivity index (χ0v) is 15.7. The summed E-state index contributed by atoms with van der Waals surface area (Å²) in [6.07, 6.45) is -7.56. The Kier molecular flexibility index (Phi) is 6.49. The number of amides is 1. The Morgan fingerprint density at radius 1 is 1.07 bits per heavy atom. The molecule has 4 N–H and O–H groups in total. The number of likely N-dealkylation sites (tertiary alicyclic amines) is 2. The summed E-state index contributed by atoms with van der Waals surface area (Å²) >= 11 is 0. The molecule has 7 nitrogen and oxygen atoms in total. The number of aliphatic hydroxyl groups is 4. The third-order valence-electron chi connectivity index (χ3n) is 5.74. The SMILES string of the molecule is O=C(c1ccc(C(F)(F)F)cc1)N1CC[C@H](CN2C[C@H](O)[C@@H](O)[C@H](O)[C@@H]2CO)C1. The molecule has 0 aliphatic carbocycles. The van der Waals surface area contributed by atoms with Crippen LogP contribution in [0.25, 0.3) is 0 Å². The molecule has 0 spiro atoms. The van der Waals surface area contributed by atoms with Crippen LogP contribution in [0.3, 0.4) is 0 Å². The average Bonchev–Trinajstić information content (AvgIpc) is 3.14. The molecule has 2 aliphatic heterocycles. The van der Waals surface area contributed by atoms with Gasteiger partial charge in [0.1, 0.15) is 12.2 Å². The van der Waals surface area contributed by atoms with Crippen molar-refractivity contribution in [3.05, 3.63) is 35.4 Å². The van der Waals surface area contributed by atoms with Gasteiger partial charge >= 0.3 is 6.18 Å². The third-order valence-corrected chi connectivity index (χ3v) is 5.74. The fourth-order valence-corrected chi connectivity index (χ4v) is 4.07. The van der Waals surface area contributed by atoms with E-state index in [1.165, 1.54) is 12.1 Å². The Morgan fingerprint density at radius 2 is 1.72 bits per heavy atom. The number of carbonyl (C=O) groups excluding carboxylic acids is 1. The summed E-state index contributed by atoms with van der Waals surface area (Å²) in [6, 6.07) is 3.38. The van der Waals surface area contributed by atoms with E-state index in [4.69, 9.17) is 0 Å². The molecular formula is C19H25F3N2O5. The molecule has 0 saturated carbocycles. The molecule has 10 heteroatoms. The maximum atomic E-state index is 12.7. The Balaban J connectivity index is 1.60. The van der Waals surface area contributed by atoms with Gasteiger partial charge in [-0.3, -0.25) is 9.69 Å². The summed E-state index contributed by atoms with van der Waals surface area (Å²) in [5.74, 6) is -0.342. The van der Waals surface area contributed by atoms with Crippen LogP contribution in [-0.4, -0.2) is 93.3 Å². The van der Waals surface area contributed by atoms with Crippen LogP contribution >= 0.6 is 0 Å². The number of hydrogen-bond acceptors (Lipinski definition) is 6.